The average Bonchev–Trinajstić information content (AvgIpc) is 3.21. The summed E-state index contributed by atoms with van der Waals surface area (Å²) in [6, 6.07) is 0. The van der Waals surface area contributed by atoms with Gasteiger partial charge in [-0.2, -0.15) is 0 Å². The van der Waals surface area contributed by atoms with Gasteiger partial charge in [-0.1, -0.05) is 164 Å². The van der Waals surface area contributed by atoms with Gasteiger partial charge in [0.25, 0.3) is 0 Å². The van der Waals surface area contributed by atoms with Gasteiger partial charge in [0.2, 0.25) is 5.91 Å². The summed E-state index contributed by atoms with van der Waals surface area (Å²) in [5, 5.41) is 12.7. The molecule has 3 N–H and O–H groups in total. The van der Waals surface area contributed by atoms with E-state index < -0.39 is 26.5 Å². The number of carbonyl (C=O) groups is 2. The summed E-state index contributed by atoms with van der Waals surface area (Å²) in [5.74, 6) is -0.539. The molecule has 2 unspecified atom stereocenters. The first kappa shape index (κ1) is 55.7. The lowest BCUT2D eigenvalue weighted by Crippen LogP contribution is -2.27. The number of nitrogens with one attached hydrogen (secondary N) is 1. The maximum atomic E-state index is 12.1. The molecule has 0 aromatic rings. The number of phosphoric ester groups is 1. The van der Waals surface area contributed by atoms with Crippen molar-refractivity contribution in [1.29, 1.82) is 0 Å². The van der Waals surface area contributed by atoms with E-state index >= 15 is 0 Å². The average molecular weight is 836 g/mol. The largest absolute Gasteiger partial charge is 0.472 e. The molecular formula is C48H86NO8P. The number of aliphatic hydroxyl groups excluding tert-OH is 1. The number of amides is 1. The van der Waals surface area contributed by atoms with Crippen molar-refractivity contribution in [2.75, 3.05) is 26.4 Å². The summed E-state index contributed by atoms with van der Waals surface area (Å²) in [6.45, 7) is 3.49. The topological polar surface area (TPSA) is 131 Å². The molecular weight excluding hydrogens is 750 g/mol. The van der Waals surface area contributed by atoms with Crippen LogP contribution in [0.2, 0.25) is 0 Å². The van der Waals surface area contributed by atoms with Gasteiger partial charge < -0.3 is 20.1 Å². The van der Waals surface area contributed by atoms with Gasteiger partial charge in [0.1, 0.15) is 12.7 Å². The fourth-order valence-corrected chi connectivity index (χ4v) is 6.88. The summed E-state index contributed by atoms with van der Waals surface area (Å²) >= 11 is 0. The van der Waals surface area contributed by atoms with Gasteiger partial charge in [-0.15, -0.1) is 0 Å². The van der Waals surface area contributed by atoms with Crippen LogP contribution in [0.3, 0.4) is 0 Å². The van der Waals surface area contributed by atoms with Crippen molar-refractivity contribution in [3.05, 3.63) is 60.8 Å². The molecule has 0 aromatic heterocycles. The number of unbranched alkanes of at least 4 members (excludes halogenated alkanes) is 20. The zero-order chi connectivity index (χ0) is 42.5. The molecule has 0 saturated carbocycles. The predicted molar refractivity (Wildman–Crippen MR) is 243 cm³/mol. The van der Waals surface area contributed by atoms with Gasteiger partial charge in [-0.05, 0) is 83.5 Å². The molecule has 58 heavy (non-hydrogen) atoms. The molecule has 1 amide bonds. The maximum Gasteiger partial charge on any atom is 0.472 e. The molecule has 336 valence electrons. The normalized spacial score (nSPS) is 13.8. The quantitative estimate of drug-likeness (QED) is 0.0239. The maximum absolute atomic E-state index is 12.1. The fraction of sp³-hybridized carbons (Fsp3) is 0.750. The molecule has 0 bridgehead atoms. The Morgan fingerprint density at radius 2 is 0.931 bits per heavy atom. The number of carbonyl (C=O) groups excluding carboxylic acids is 2. The second-order valence-electron chi connectivity index (χ2n) is 15.4. The van der Waals surface area contributed by atoms with E-state index in [0.29, 0.717) is 6.42 Å². The number of hydrogen-bond acceptors (Lipinski definition) is 7. The first-order chi connectivity index (χ1) is 28.3. The van der Waals surface area contributed by atoms with Crippen LogP contribution in [0.25, 0.3) is 0 Å². The van der Waals surface area contributed by atoms with Gasteiger partial charge in [0.15, 0.2) is 0 Å². The standard InChI is InChI=1S/C48H86NO8P/c1-3-5-7-9-11-13-15-17-19-21-22-23-24-25-27-29-31-33-35-37-39-41-48(52)55-44-46(50)45-57-58(53,54)56-43-42-49-47(51)40-38-36-34-32-30-28-26-20-18-16-14-12-10-8-6-4-2/h11,13-14,16-17,19-20,22-23,26,46,50H,3-10,12,15,18,21,24-25,27-45H2,1-2H3,(H,49,51)(H,53,54)/b13-11-,16-14-,19-17-,23-22-,26-20-. The van der Waals surface area contributed by atoms with Crippen LogP contribution < -0.4 is 5.32 Å². The molecule has 2 atom stereocenters. The fourth-order valence-electron chi connectivity index (χ4n) is 6.12. The van der Waals surface area contributed by atoms with Crippen LogP contribution in [0.1, 0.15) is 200 Å². The van der Waals surface area contributed by atoms with Crippen LogP contribution in [0.4, 0.5) is 0 Å². The second-order valence-corrected chi connectivity index (χ2v) is 16.8. The third-order valence-corrected chi connectivity index (χ3v) is 10.7. The van der Waals surface area contributed by atoms with E-state index in [1.165, 1.54) is 83.5 Å². The lowest BCUT2D eigenvalue weighted by Gasteiger charge is -2.15. The summed E-state index contributed by atoms with van der Waals surface area (Å²) in [5.41, 5.74) is 0. The highest BCUT2D eigenvalue weighted by Gasteiger charge is 2.23. The smallest absolute Gasteiger partial charge is 0.463 e. The van der Waals surface area contributed by atoms with Crippen LogP contribution in [0, 0.1) is 0 Å². The van der Waals surface area contributed by atoms with E-state index in [1.807, 2.05) is 0 Å². The Morgan fingerprint density at radius 3 is 1.43 bits per heavy atom. The monoisotopic (exact) mass is 836 g/mol. The SMILES string of the molecule is CCCCC/C=C\C/C=C\C/C=C\CCCCCCCCCCC(=O)OCC(O)COP(=O)(O)OCCNC(=O)CCCCCCC/C=C\C/C=C\CCCCCC. The van der Waals surface area contributed by atoms with Crippen LogP contribution in [0.5, 0.6) is 0 Å². The summed E-state index contributed by atoms with van der Waals surface area (Å²) in [4.78, 5) is 34.0. The van der Waals surface area contributed by atoms with E-state index in [-0.39, 0.29) is 32.1 Å². The number of esters is 1. The summed E-state index contributed by atoms with van der Waals surface area (Å²) < 4.78 is 26.9. The Kier molecular flexibility index (Phi) is 42.5. The van der Waals surface area contributed by atoms with Crippen molar-refractivity contribution in [3.63, 3.8) is 0 Å². The first-order valence-corrected chi connectivity index (χ1v) is 24.8. The van der Waals surface area contributed by atoms with Crippen LogP contribution in [-0.4, -0.2) is 54.3 Å². The lowest BCUT2D eigenvalue weighted by atomic mass is 10.1. The van der Waals surface area contributed by atoms with E-state index in [1.54, 1.807) is 0 Å². The van der Waals surface area contributed by atoms with Gasteiger partial charge in [-0.3, -0.25) is 18.6 Å². The molecule has 0 fully saturated rings. The van der Waals surface area contributed by atoms with Crippen molar-refractivity contribution in [2.45, 2.75) is 206 Å². The molecule has 0 spiro atoms. The van der Waals surface area contributed by atoms with Crippen molar-refractivity contribution in [3.8, 4) is 0 Å². The number of hydrogen-bond donors (Lipinski definition) is 3. The Labute approximate surface area is 355 Å². The Balaban J connectivity index is 3.62. The zero-order valence-electron chi connectivity index (χ0n) is 37.0. The third-order valence-electron chi connectivity index (χ3n) is 9.67. The Hall–Kier alpha value is -2.29. The number of phosphoric acid groups is 1. The van der Waals surface area contributed by atoms with Gasteiger partial charge >= 0.3 is 13.8 Å². The Morgan fingerprint density at radius 1 is 0.534 bits per heavy atom. The highest BCUT2D eigenvalue weighted by atomic mass is 31.2. The third kappa shape index (κ3) is 44.8. The number of rotatable bonds is 43. The summed E-state index contributed by atoms with van der Waals surface area (Å²) in [6.07, 6.45) is 52.9. The minimum atomic E-state index is -4.43. The molecule has 0 aliphatic carbocycles. The van der Waals surface area contributed by atoms with Gasteiger partial charge in [-0.25, -0.2) is 4.57 Å². The molecule has 0 rings (SSSR count). The minimum absolute atomic E-state index is 0.0711. The van der Waals surface area contributed by atoms with E-state index in [2.05, 4.69) is 79.9 Å². The number of ether oxygens (including phenoxy) is 1. The van der Waals surface area contributed by atoms with Crippen LogP contribution in [-0.2, 0) is 27.9 Å². The highest BCUT2D eigenvalue weighted by molar-refractivity contribution is 7.47. The molecule has 0 radical (unpaired) electrons. The number of allylic oxidation sites excluding steroid dienone is 10. The molecule has 0 aromatic carbocycles. The van der Waals surface area contributed by atoms with E-state index in [0.717, 1.165) is 89.9 Å². The molecule has 0 saturated heterocycles. The molecule has 10 heteroatoms. The van der Waals surface area contributed by atoms with Gasteiger partial charge in [0.05, 0.1) is 13.2 Å². The van der Waals surface area contributed by atoms with Crippen molar-refractivity contribution in [2.24, 2.45) is 0 Å². The number of aliphatic hydroxyl groups is 1. The zero-order valence-corrected chi connectivity index (χ0v) is 37.9. The molecule has 0 aliphatic rings. The van der Waals surface area contributed by atoms with Gasteiger partial charge in [0, 0.05) is 19.4 Å². The minimum Gasteiger partial charge on any atom is -0.463 e. The van der Waals surface area contributed by atoms with E-state index in [9.17, 15) is 24.2 Å². The predicted octanol–water partition coefficient (Wildman–Crippen LogP) is 13.3. The van der Waals surface area contributed by atoms with Crippen molar-refractivity contribution >= 4 is 19.7 Å². The van der Waals surface area contributed by atoms with Crippen LogP contribution >= 0.6 is 7.82 Å². The van der Waals surface area contributed by atoms with E-state index in [4.69, 9.17) is 13.8 Å². The second kappa shape index (κ2) is 44.3. The molecule has 9 nitrogen and oxygen atoms in total. The van der Waals surface area contributed by atoms with Crippen LogP contribution in [0.15, 0.2) is 60.8 Å². The Bertz CT molecular complexity index is 1130. The molecule has 0 heterocycles. The lowest BCUT2D eigenvalue weighted by molar-refractivity contribution is -0.147. The summed E-state index contributed by atoms with van der Waals surface area (Å²) in [7, 11) is -4.43. The highest BCUT2D eigenvalue weighted by Crippen LogP contribution is 2.42. The van der Waals surface area contributed by atoms with Crippen molar-refractivity contribution in [1.82, 2.24) is 5.32 Å². The first-order valence-electron chi connectivity index (χ1n) is 23.3. The molecule has 0 aliphatic heterocycles. The van der Waals surface area contributed by atoms with Crippen molar-refractivity contribution < 1.29 is 37.9 Å².